The maximum atomic E-state index is 6.13. The smallest absolute Gasteiger partial charge is 0.226 e. The first-order valence-electron chi connectivity index (χ1n) is 6.39. The highest BCUT2D eigenvalue weighted by Crippen LogP contribution is 2.20. The van der Waals surface area contributed by atoms with Gasteiger partial charge in [0.25, 0.3) is 0 Å². The van der Waals surface area contributed by atoms with Gasteiger partial charge in [0.15, 0.2) is 10.8 Å². The molecule has 0 aromatic carbocycles. The Hall–Kier alpha value is -1.49. The zero-order chi connectivity index (χ0) is 14.0. The predicted octanol–water partition coefficient (Wildman–Crippen LogP) is 3.15. The third kappa shape index (κ3) is 3.29. The monoisotopic (exact) mass is 279 g/mol. The molecule has 102 valence electrons. The van der Waals surface area contributed by atoms with Crippen LogP contribution in [0.3, 0.4) is 0 Å². The first-order chi connectivity index (χ1) is 8.97. The average Bonchev–Trinajstić information content (AvgIpc) is 2.31. The van der Waals surface area contributed by atoms with Crippen LogP contribution in [-0.2, 0) is 0 Å². The number of hydrogen-bond donors (Lipinski definition) is 1. The summed E-state index contributed by atoms with van der Waals surface area (Å²) in [4.78, 5) is 17.3. The minimum atomic E-state index is 0.340. The summed E-state index contributed by atoms with van der Waals surface area (Å²) in [5, 5.41) is 3.51. The normalized spacial score (nSPS) is 11.3. The van der Waals surface area contributed by atoms with Crippen molar-refractivity contribution < 1.29 is 0 Å². The number of fused-ring (bicyclic) bond motifs is 1. The lowest BCUT2D eigenvalue weighted by Crippen LogP contribution is -2.09. The Morgan fingerprint density at radius 3 is 2.42 bits per heavy atom. The number of rotatable bonds is 4. The number of anilines is 1. The van der Waals surface area contributed by atoms with Crippen LogP contribution in [0.4, 0.5) is 5.95 Å². The predicted molar refractivity (Wildman–Crippen MR) is 77.6 cm³/mol. The molecular formula is C13H18ClN5. The Morgan fingerprint density at radius 2 is 1.74 bits per heavy atom. The van der Waals surface area contributed by atoms with Crippen molar-refractivity contribution in [1.82, 2.24) is 19.9 Å². The van der Waals surface area contributed by atoms with Gasteiger partial charge in [0.1, 0.15) is 5.52 Å². The molecule has 2 aromatic rings. The molecule has 2 aromatic heterocycles. The number of aryl methyl sites for hydroxylation is 2. The highest BCUT2D eigenvalue weighted by Gasteiger charge is 2.10. The lowest BCUT2D eigenvalue weighted by Gasteiger charge is -2.08. The molecule has 0 aliphatic heterocycles. The molecule has 2 rings (SSSR count). The Labute approximate surface area is 117 Å². The maximum absolute atomic E-state index is 6.13. The molecule has 1 N–H and O–H groups in total. The van der Waals surface area contributed by atoms with Crippen LogP contribution in [0.1, 0.15) is 31.7 Å². The molecule has 0 saturated carbocycles. The van der Waals surface area contributed by atoms with Gasteiger partial charge in [-0.2, -0.15) is 9.97 Å². The third-order valence-electron chi connectivity index (χ3n) is 2.90. The Balaban J connectivity index is 2.30. The number of nitrogens with one attached hydrogen (secondary N) is 1. The van der Waals surface area contributed by atoms with Gasteiger partial charge in [0.2, 0.25) is 5.95 Å². The van der Waals surface area contributed by atoms with E-state index in [2.05, 4.69) is 39.1 Å². The Kier molecular flexibility index (Phi) is 4.14. The quantitative estimate of drug-likeness (QED) is 0.871. The van der Waals surface area contributed by atoms with Crippen molar-refractivity contribution in [3.63, 3.8) is 0 Å². The number of nitrogens with zero attached hydrogens (tertiary/aromatic N) is 4. The van der Waals surface area contributed by atoms with Crippen molar-refractivity contribution in [3.05, 3.63) is 16.5 Å². The highest BCUT2D eigenvalue weighted by atomic mass is 35.5. The Morgan fingerprint density at radius 1 is 1.05 bits per heavy atom. The summed E-state index contributed by atoms with van der Waals surface area (Å²) in [6, 6.07) is 0. The van der Waals surface area contributed by atoms with Gasteiger partial charge in [0.05, 0.1) is 11.4 Å². The molecule has 19 heavy (non-hydrogen) atoms. The zero-order valence-electron chi connectivity index (χ0n) is 11.7. The van der Waals surface area contributed by atoms with E-state index in [1.807, 2.05) is 13.8 Å². The fourth-order valence-electron chi connectivity index (χ4n) is 1.63. The van der Waals surface area contributed by atoms with Crippen LogP contribution in [-0.4, -0.2) is 26.5 Å². The summed E-state index contributed by atoms with van der Waals surface area (Å²) < 4.78 is 0. The summed E-state index contributed by atoms with van der Waals surface area (Å²) >= 11 is 6.13. The van der Waals surface area contributed by atoms with Crippen LogP contribution < -0.4 is 5.32 Å². The molecule has 0 atom stereocenters. The second-order valence-corrected chi connectivity index (χ2v) is 5.37. The second-order valence-electron chi connectivity index (χ2n) is 5.01. The fourth-order valence-corrected chi connectivity index (χ4v) is 1.84. The van der Waals surface area contributed by atoms with Crippen molar-refractivity contribution in [3.8, 4) is 0 Å². The molecule has 0 amide bonds. The van der Waals surface area contributed by atoms with Crippen LogP contribution >= 0.6 is 11.6 Å². The van der Waals surface area contributed by atoms with Crippen LogP contribution in [0.25, 0.3) is 11.2 Å². The SMILES string of the molecule is Cc1nc2nc(NCCC(C)C)nc(Cl)c2nc1C. The lowest BCUT2D eigenvalue weighted by atomic mass is 10.1. The van der Waals surface area contributed by atoms with Gasteiger partial charge in [-0.25, -0.2) is 9.97 Å². The topological polar surface area (TPSA) is 63.6 Å². The van der Waals surface area contributed by atoms with E-state index in [0.717, 1.165) is 24.4 Å². The molecule has 0 spiro atoms. The first kappa shape index (κ1) is 13.9. The highest BCUT2D eigenvalue weighted by molar-refractivity contribution is 6.33. The minimum Gasteiger partial charge on any atom is -0.354 e. The van der Waals surface area contributed by atoms with E-state index >= 15 is 0 Å². The van der Waals surface area contributed by atoms with Crippen LogP contribution in [0.5, 0.6) is 0 Å². The molecule has 2 heterocycles. The summed E-state index contributed by atoms with van der Waals surface area (Å²) in [6.45, 7) is 8.97. The molecule has 0 aliphatic carbocycles. The van der Waals surface area contributed by atoms with Crippen molar-refractivity contribution >= 4 is 28.7 Å². The van der Waals surface area contributed by atoms with Gasteiger partial charge >= 0.3 is 0 Å². The van der Waals surface area contributed by atoms with Gasteiger partial charge in [-0.1, -0.05) is 25.4 Å². The molecule has 6 heteroatoms. The van der Waals surface area contributed by atoms with Crippen LogP contribution in [0, 0.1) is 19.8 Å². The Bertz CT molecular complexity index is 597. The molecule has 0 radical (unpaired) electrons. The third-order valence-corrected chi connectivity index (χ3v) is 3.17. The van der Waals surface area contributed by atoms with Crippen molar-refractivity contribution in [2.24, 2.45) is 5.92 Å². The van der Waals surface area contributed by atoms with E-state index in [0.29, 0.717) is 28.2 Å². The maximum Gasteiger partial charge on any atom is 0.226 e. The molecule has 0 fully saturated rings. The first-order valence-corrected chi connectivity index (χ1v) is 6.77. The van der Waals surface area contributed by atoms with E-state index < -0.39 is 0 Å². The minimum absolute atomic E-state index is 0.340. The fraction of sp³-hybridized carbons (Fsp3) is 0.538. The molecule has 0 aliphatic rings. The van der Waals surface area contributed by atoms with Gasteiger partial charge in [-0.3, -0.25) is 0 Å². The average molecular weight is 280 g/mol. The number of halogens is 1. The van der Waals surface area contributed by atoms with E-state index in [1.54, 1.807) is 0 Å². The lowest BCUT2D eigenvalue weighted by molar-refractivity contribution is 0.606. The molecular weight excluding hydrogens is 262 g/mol. The summed E-state index contributed by atoms with van der Waals surface area (Å²) in [6.07, 6.45) is 1.05. The molecule has 0 unspecified atom stereocenters. The number of hydrogen-bond acceptors (Lipinski definition) is 5. The van der Waals surface area contributed by atoms with Crippen molar-refractivity contribution in [1.29, 1.82) is 0 Å². The molecule has 5 nitrogen and oxygen atoms in total. The van der Waals surface area contributed by atoms with Gasteiger partial charge in [0, 0.05) is 6.54 Å². The van der Waals surface area contributed by atoms with Gasteiger partial charge in [-0.05, 0) is 26.2 Å². The summed E-state index contributed by atoms with van der Waals surface area (Å²) in [5.41, 5.74) is 2.79. The van der Waals surface area contributed by atoms with Crippen LogP contribution in [0.2, 0.25) is 5.15 Å². The second kappa shape index (κ2) is 5.65. The van der Waals surface area contributed by atoms with E-state index in [-0.39, 0.29) is 0 Å². The molecule has 0 bridgehead atoms. The van der Waals surface area contributed by atoms with Crippen molar-refractivity contribution in [2.45, 2.75) is 34.1 Å². The molecule has 0 saturated heterocycles. The number of aromatic nitrogens is 4. The summed E-state index contributed by atoms with van der Waals surface area (Å²) in [5.74, 6) is 1.14. The van der Waals surface area contributed by atoms with Gasteiger partial charge in [-0.15, -0.1) is 0 Å². The van der Waals surface area contributed by atoms with Crippen molar-refractivity contribution in [2.75, 3.05) is 11.9 Å². The van der Waals surface area contributed by atoms with E-state index in [1.165, 1.54) is 0 Å². The van der Waals surface area contributed by atoms with E-state index in [9.17, 15) is 0 Å². The standard InChI is InChI=1S/C13H18ClN5/c1-7(2)5-6-15-13-18-11(14)10-12(19-13)17-9(4)8(3)16-10/h7H,5-6H2,1-4H3,(H,15,17,18,19). The van der Waals surface area contributed by atoms with Crippen LogP contribution in [0.15, 0.2) is 0 Å². The summed E-state index contributed by atoms with van der Waals surface area (Å²) in [7, 11) is 0. The van der Waals surface area contributed by atoms with Gasteiger partial charge < -0.3 is 5.32 Å². The largest absolute Gasteiger partial charge is 0.354 e. The van der Waals surface area contributed by atoms with E-state index in [4.69, 9.17) is 11.6 Å². The zero-order valence-corrected chi connectivity index (χ0v) is 12.4.